The van der Waals surface area contributed by atoms with Gasteiger partial charge in [-0.25, -0.2) is 0 Å². The molecule has 0 aliphatic rings. The number of nitrogens with zero attached hydrogens (tertiary/aromatic N) is 1. The Morgan fingerprint density at radius 1 is 1.36 bits per heavy atom. The molecule has 0 aromatic carbocycles. The number of allylic oxidation sites excluding steroid dienone is 1. The van der Waals surface area contributed by atoms with E-state index in [1.54, 1.807) is 6.20 Å². The van der Waals surface area contributed by atoms with E-state index in [-0.39, 0.29) is 0 Å². The highest BCUT2D eigenvalue weighted by Crippen LogP contribution is 2.06. The molecule has 0 spiro atoms. The molecule has 0 radical (unpaired) electrons. The predicted molar refractivity (Wildman–Crippen MR) is 47.2 cm³/mol. The van der Waals surface area contributed by atoms with Crippen LogP contribution in [0.5, 0.6) is 0 Å². The van der Waals surface area contributed by atoms with Crippen molar-refractivity contribution < 1.29 is 0 Å². The molecule has 1 rings (SSSR count). The molecule has 60 valence electrons. The lowest BCUT2D eigenvalue weighted by Gasteiger charge is -2.04. The maximum atomic E-state index is 5.25. The minimum Gasteiger partial charge on any atom is -0.405 e. The van der Waals surface area contributed by atoms with Crippen molar-refractivity contribution in [3.05, 3.63) is 35.8 Å². The lowest BCUT2D eigenvalue weighted by molar-refractivity contribution is 0.767. The second-order valence-corrected chi connectivity index (χ2v) is 2.65. The smallest absolute Gasteiger partial charge is 0.0422 e. The number of hydrogen-bond acceptors (Lipinski definition) is 1. The molecular weight excluding hydrogens is 136 g/mol. The molecule has 0 fully saturated rings. The zero-order valence-corrected chi connectivity index (χ0v) is 7.04. The molecule has 0 atom stereocenters. The van der Waals surface area contributed by atoms with E-state index in [1.807, 2.05) is 6.08 Å². The fourth-order valence-corrected chi connectivity index (χ4v) is 1.15. The van der Waals surface area contributed by atoms with Crippen LogP contribution in [0.3, 0.4) is 0 Å². The van der Waals surface area contributed by atoms with E-state index >= 15 is 0 Å². The zero-order chi connectivity index (χ0) is 8.27. The van der Waals surface area contributed by atoms with Crippen molar-refractivity contribution >= 4 is 0 Å². The molecule has 11 heavy (non-hydrogen) atoms. The second kappa shape index (κ2) is 3.28. The fraction of sp³-hybridized carbons (Fsp3) is 0.333. The van der Waals surface area contributed by atoms with Crippen molar-refractivity contribution in [2.45, 2.75) is 20.4 Å². The normalized spacial score (nSPS) is 11.1. The average molecular weight is 150 g/mol. The maximum Gasteiger partial charge on any atom is 0.0422 e. The molecule has 1 aromatic rings. The van der Waals surface area contributed by atoms with Crippen molar-refractivity contribution in [1.29, 1.82) is 0 Å². The van der Waals surface area contributed by atoms with Crippen LogP contribution in [0.4, 0.5) is 0 Å². The molecule has 1 heterocycles. The number of hydrogen-bond donors (Lipinski definition) is 1. The second-order valence-electron chi connectivity index (χ2n) is 2.65. The first-order chi connectivity index (χ1) is 5.25. The van der Waals surface area contributed by atoms with Gasteiger partial charge in [0.1, 0.15) is 0 Å². The Morgan fingerprint density at radius 3 is 2.36 bits per heavy atom. The van der Waals surface area contributed by atoms with Gasteiger partial charge in [-0.3, -0.25) is 0 Å². The van der Waals surface area contributed by atoms with Gasteiger partial charge in [-0.15, -0.1) is 0 Å². The topological polar surface area (TPSA) is 30.9 Å². The third kappa shape index (κ3) is 1.64. The van der Waals surface area contributed by atoms with Crippen LogP contribution >= 0.6 is 0 Å². The summed E-state index contributed by atoms with van der Waals surface area (Å²) in [4.78, 5) is 0. The van der Waals surface area contributed by atoms with Crippen molar-refractivity contribution in [3.8, 4) is 0 Å². The van der Waals surface area contributed by atoms with Gasteiger partial charge in [0.2, 0.25) is 0 Å². The molecule has 2 nitrogen and oxygen atoms in total. The van der Waals surface area contributed by atoms with E-state index in [9.17, 15) is 0 Å². The van der Waals surface area contributed by atoms with Crippen LogP contribution in [0.15, 0.2) is 24.4 Å². The van der Waals surface area contributed by atoms with Crippen LogP contribution in [-0.2, 0) is 6.54 Å². The van der Waals surface area contributed by atoms with Crippen LogP contribution in [0.25, 0.3) is 0 Å². The Morgan fingerprint density at radius 2 is 1.91 bits per heavy atom. The van der Waals surface area contributed by atoms with E-state index in [1.165, 1.54) is 11.4 Å². The average Bonchev–Trinajstić information content (AvgIpc) is 2.29. The minimum absolute atomic E-state index is 0.876. The van der Waals surface area contributed by atoms with Gasteiger partial charge in [-0.1, -0.05) is 0 Å². The van der Waals surface area contributed by atoms with Gasteiger partial charge in [-0.05, 0) is 38.3 Å². The van der Waals surface area contributed by atoms with E-state index in [0.717, 1.165) is 6.54 Å². The summed E-state index contributed by atoms with van der Waals surface area (Å²) in [6, 6.07) is 4.22. The molecule has 0 unspecified atom stereocenters. The largest absolute Gasteiger partial charge is 0.405 e. The van der Waals surface area contributed by atoms with Gasteiger partial charge in [-0.2, -0.15) is 0 Å². The van der Waals surface area contributed by atoms with Gasteiger partial charge in [0.25, 0.3) is 0 Å². The van der Waals surface area contributed by atoms with Crippen LogP contribution in [-0.4, -0.2) is 4.57 Å². The standard InChI is InChI=1S/C9H14N2/c1-8-4-5-9(2)11(8)7-3-6-10/h3-6H,7,10H2,1-2H3. The molecule has 0 bridgehead atoms. The van der Waals surface area contributed by atoms with Gasteiger partial charge in [0, 0.05) is 17.9 Å². The summed E-state index contributed by atoms with van der Waals surface area (Å²) in [6.07, 6.45) is 3.53. The highest BCUT2D eigenvalue weighted by molar-refractivity contribution is 5.14. The number of rotatable bonds is 2. The third-order valence-electron chi connectivity index (χ3n) is 1.84. The zero-order valence-electron chi connectivity index (χ0n) is 7.04. The van der Waals surface area contributed by atoms with Gasteiger partial charge < -0.3 is 10.3 Å². The van der Waals surface area contributed by atoms with Crippen LogP contribution in [0.2, 0.25) is 0 Å². The van der Waals surface area contributed by atoms with E-state index < -0.39 is 0 Å². The number of aromatic nitrogens is 1. The summed E-state index contributed by atoms with van der Waals surface area (Å²) in [7, 11) is 0. The van der Waals surface area contributed by atoms with Gasteiger partial charge >= 0.3 is 0 Å². The van der Waals surface area contributed by atoms with E-state index in [4.69, 9.17) is 5.73 Å². The van der Waals surface area contributed by atoms with Crippen LogP contribution < -0.4 is 5.73 Å². The SMILES string of the molecule is Cc1ccc(C)n1CC=CN. The summed E-state index contributed by atoms with van der Waals surface area (Å²) in [5.74, 6) is 0. The highest BCUT2D eigenvalue weighted by atomic mass is 15.0. The van der Waals surface area contributed by atoms with Crippen molar-refractivity contribution in [1.82, 2.24) is 4.57 Å². The quantitative estimate of drug-likeness (QED) is 0.681. The Bertz CT molecular complexity index is 239. The third-order valence-corrected chi connectivity index (χ3v) is 1.84. The molecule has 0 saturated carbocycles. The van der Waals surface area contributed by atoms with Crippen LogP contribution in [0, 0.1) is 13.8 Å². The first-order valence-electron chi connectivity index (χ1n) is 3.75. The monoisotopic (exact) mass is 150 g/mol. The van der Waals surface area contributed by atoms with E-state index in [0.29, 0.717) is 0 Å². The minimum atomic E-state index is 0.876. The lowest BCUT2D eigenvalue weighted by Crippen LogP contribution is -1.99. The first kappa shape index (κ1) is 7.92. The lowest BCUT2D eigenvalue weighted by atomic mass is 10.5. The van der Waals surface area contributed by atoms with Crippen molar-refractivity contribution in [3.63, 3.8) is 0 Å². The maximum absolute atomic E-state index is 5.25. The van der Waals surface area contributed by atoms with Crippen molar-refractivity contribution in [2.24, 2.45) is 5.73 Å². The summed E-state index contributed by atoms with van der Waals surface area (Å²) < 4.78 is 2.21. The Labute approximate surface area is 67.3 Å². The van der Waals surface area contributed by atoms with Gasteiger partial charge in [0.15, 0.2) is 0 Å². The Balaban J connectivity index is 2.83. The Kier molecular flexibility index (Phi) is 2.36. The molecule has 1 aromatic heterocycles. The summed E-state index contributed by atoms with van der Waals surface area (Å²) >= 11 is 0. The molecule has 0 aliphatic heterocycles. The molecule has 0 saturated heterocycles. The van der Waals surface area contributed by atoms with Gasteiger partial charge in [0.05, 0.1) is 0 Å². The first-order valence-corrected chi connectivity index (χ1v) is 3.75. The molecular formula is C9H14N2. The molecule has 2 N–H and O–H groups in total. The summed E-state index contributed by atoms with van der Waals surface area (Å²) in [5.41, 5.74) is 7.81. The van der Waals surface area contributed by atoms with Crippen LogP contribution in [0.1, 0.15) is 11.4 Å². The number of nitrogens with two attached hydrogens (primary N) is 1. The summed E-state index contributed by atoms with van der Waals surface area (Å²) in [6.45, 7) is 5.07. The predicted octanol–water partition coefficient (Wildman–Crippen LogP) is 1.58. The molecule has 0 aliphatic carbocycles. The van der Waals surface area contributed by atoms with Crippen molar-refractivity contribution in [2.75, 3.05) is 0 Å². The Hall–Kier alpha value is -1.18. The fourth-order valence-electron chi connectivity index (χ4n) is 1.15. The molecule has 0 amide bonds. The van der Waals surface area contributed by atoms with E-state index in [2.05, 4.69) is 30.5 Å². The summed E-state index contributed by atoms with van der Waals surface area (Å²) in [5, 5.41) is 0. The highest BCUT2D eigenvalue weighted by Gasteiger charge is 1.96. The molecule has 2 heteroatoms. The number of aryl methyl sites for hydroxylation is 2.